The molecule has 0 spiro atoms. The van der Waals surface area contributed by atoms with E-state index in [4.69, 9.17) is 4.42 Å². The summed E-state index contributed by atoms with van der Waals surface area (Å²) in [6, 6.07) is 2.02. The Hall–Kier alpha value is 0.550. The molecule has 1 aromatic rings. The molecule has 1 aliphatic carbocycles. The summed E-state index contributed by atoms with van der Waals surface area (Å²) in [7, 11) is 0. The lowest BCUT2D eigenvalue weighted by Gasteiger charge is -2.35. The predicted octanol–water partition coefficient (Wildman–Crippen LogP) is 4.96. The number of nitrogens with one attached hydrogen (secondary N) is 1. The maximum atomic E-state index is 5.57. The zero-order chi connectivity index (χ0) is 13.0. The van der Waals surface area contributed by atoms with Crippen LogP contribution in [0.3, 0.4) is 0 Å². The van der Waals surface area contributed by atoms with Gasteiger partial charge in [-0.05, 0) is 57.0 Å². The van der Waals surface area contributed by atoms with E-state index in [0.29, 0.717) is 4.75 Å². The second-order valence-corrected chi connectivity index (χ2v) is 7.73. The molecule has 1 saturated carbocycles. The highest BCUT2D eigenvalue weighted by atomic mass is 79.9. The van der Waals surface area contributed by atoms with Crippen molar-refractivity contribution in [2.45, 2.75) is 43.4 Å². The molecule has 1 heterocycles. The zero-order valence-electron chi connectivity index (χ0n) is 10.6. The topological polar surface area (TPSA) is 25.2 Å². The molecule has 2 rings (SSSR count). The SMILES string of the molecule is CSC1(CNCc2cc(Br)c(Br)o2)CCCCC1. The van der Waals surface area contributed by atoms with Gasteiger partial charge in [0.2, 0.25) is 0 Å². The van der Waals surface area contributed by atoms with E-state index in [0.717, 1.165) is 28.0 Å². The molecule has 1 aromatic heterocycles. The normalized spacial score (nSPS) is 19.1. The van der Waals surface area contributed by atoms with Gasteiger partial charge in [-0.3, -0.25) is 0 Å². The Labute approximate surface area is 130 Å². The van der Waals surface area contributed by atoms with Crippen LogP contribution in [0.5, 0.6) is 0 Å². The van der Waals surface area contributed by atoms with Crippen molar-refractivity contribution in [2.24, 2.45) is 0 Å². The molecule has 1 aliphatic rings. The first-order valence-electron chi connectivity index (χ1n) is 6.35. The van der Waals surface area contributed by atoms with Gasteiger partial charge in [-0.1, -0.05) is 19.3 Å². The summed E-state index contributed by atoms with van der Waals surface area (Å²) in [4.78, 5) is 0. The van der Waals surface area contributed by atoms with Crippen LogP contribution in [-0.2, 0) is 6.54 Å². The summed E-state index contributed by atoms with van der Waals surface area (Å²) in [5.41, 5.74) is 0. The van der Waals surface area contributed by atoms with Crippen molar-refractivity contribution in [1.82, 2.24) is 5.32 Å². The van der Waals surface area contributed by atoms with E-state index in [9.17, 15) is 0 Å². The highest BCUT2D eigenvalue weighted by Gasteiger charge is 2.30. The van der Waals surface area contributed by atoms with Gasteiger partial charge in [-0.15, -0.1) is 0 Å². The molecule has 0 aromatic carbocycles. The van der Waals surface area contributed by atoms with Crippen LogP contribution in [0.4, 0.5) is 0 Å². The molecule has 18 heavy (non-hydrogen) atoms. The largest absolute Gasteiger partial charge is 0.452 e. The van der Waals surface area contributed by atoms with E-state index >= 15 is 0 Å². The van der Waals surface area contributed by atoms with Gasteiger partial charge in [0, 0.05) is 11.3 Å². The maximum absolute atomic E-state index is 5.57. The number of halogens is 2. The van der Waals surface area contributed by atoms with Gasteiger partial charge in [-0.2, -0.15) is 11.8 Å². The lowest BCUT2D eigenvalue weighted by atomic mass is 9.88. The Morgan fingerprint density at radius 1 is 1.33 bits per heavy atom. The van der Waals surface area contributed by atoms with Crippen LogP contribution < -0.4 is 5.32 Å². The van der Waals surface area contributed by atoms with E-state index in [1.165, 1.54) is 32.1 Å². The van der Waals surface area contributed by atoms with Gasteiger partial charge in [-0.25, -0.2) is 0 Å². The van der Waals surface area contributed by atoms with Crippen molar-refractivity contribution >= 4 is 43.6 Å². The molecule has 0 saturated heterocycles. The van der Waals surface area contributed by atoms with Crippen LogP contribution in [0, 0.1) is 0 Å². The molecule has 2 nitrogen and oxygen atoms in total. The minimum absolute atomic E-state index is 0.444. The fourth-order valence-electron chi connectivity index (χ4n) is 2.54. The molecular formula is C13H19Br2NOS. The Bertz CT molecular complexity index is 369. The van der Waals surface area contributed by atoms with Gasteiger partial charge < -0.3 is 9.73 Å². The summed E-state index contributed by atoms with van der Waals surface area (Å²) < 4.78 is 7.77. The molecule has 1 N–H and O–H groups in total. The zero-order valence-corrected chi connectivity index (χ0v) is 14.6. The maximum Gasteiger partial charge on any atom is 0.183 e. The average Bonchev–Trinajstić information content (AvgIpc) is 2.70. The van der Waals surface area contributed by atoms with Gasteiger partial charge in [0.05, 0.1) is 11.0 Å². The summed E-state index contributed by atoms with van der Waals surface area (Å²) in [5, 5.41) is 3.55. The van der Waals surface area contributed by atoms with E-state index in [1.54, 1.807) is 0 Å². The highest BCUT2D eigenvalue weighted by Crippen LogP contribution is 2.38. The molecule has 0 amide bonds. The Kier molecular flexibility index (Phi) is 5.66. The quantitative estimate of drug-likeness (QED) is 0.761. The first-order chi connectivity index (χ1) is 8.65. The van der Waals surface area contributed by atoms with Gasteiger partial charge in [0.25, 0.3) is 0 Å². The molecule has 0 unspecified atom stereocenters. The number of thioether (sulfide) groups is 1. The van der Waals surface area contributed by atoms with E-state index in [1.807, 2.05) is 17.8 Å². The van der Waals surface area contributed by atoms with Gasteiger partial charge in [0.1, 0.15) is 5.76 Å². The van der Waals surface area contributed by atoms with E-state index < -0.39 is 0 Å². The number of furan rings is 1. The number of hydrogen-bond acceptors (Lipinski definition) is 3. The minimum atomic E-state index is 0.444. The Balaban J connectivity index is 1.83. The van der Waals surface area contributed by atoms with E-state index in [2.05, 4.69) is 43.4 Å². The third-order valence-corrected chi connectivity index (χ3v) is 6.77. The third kappa shape index (κ3) is 3.78. The monoisotopic (exact) mass is 395 g/mol. The number of hydrogen-bond donors (Lipinski definition) is 1. The van der Waals surface area contributed by atoms with Crippen LogP contribution in [0.1, 0.15) is 37.9 Å². The van der Waals surface area contributed by atoms with Crippen molar-refractivity contribution in [2.75, 3.05) is 12.8 Å². The van der Waals surface area contributed by atoms with Crippen LogP contribution in [-0.4, -0.2) is 17.5 Å². The van der Waals surface area contributed by atoms with Crippen LogP contribution in [0.2, 0.25) is 0 Å². The van der Waals surface area contributed by atoms with Crippen molar-refractivity contribution in [3.63, 3.8) is 0 Å². The lowest BCUT2D eigenvalue weighted by molar-refractivity contribution is 0.370. The molecule has 0 aliphatic heterocycles. The predicted molar refractivity (Wildman–Crippen MR) is 85.1 cm³/mol. The van der Waals surface area contributed by atoms with E-state index in [-0.39, 0.29) is 0 Å². The smallest absolute Gasteiger partial charge is 0.183 e. The Morgan fingerprint density at radius 3 is 2.61 bits per heavy atom. The van der Waals surface area contributed by atoms with Gasteiger partial charge >= 0.3 is 0 Å². The molecule has 0 atom stereocenters. The molecule has 1 fully saturated rings. The molecule has 5 heteroatoms. The van der Waals surface area contributed by atoms with Crippen LogP contribution in [0.25, 0.3) is 0 Å². The molecule has 0 bridgehead atoms. The fourth-order valence-corrected chi connectivity index (χ4v) is 4.14. The fraction of sp³-hybridized carbons (Fsp3) is 0.692. The lowest BCUT2D eigenvalue weighted by Crippen LogP contribution is -2.39. The van der Waals surface area contributed by atoms with Gasteiger partial charge in [0.15, 0.2) is 4.67 Å². The third-order valence-electron chi connectivity index (χ3n) is 3.64. The van der Waals surface area contributed by atoms with Crippen molar-refractivity contribution in [1.29, 1.82) is 0 Å². The van der Waals surface area contributed by atoms with Crippen molar-refractivity contribution in [3.8, 4) is 0 Å². The molecule has 0 radical (unpaired) electrons. The highest BCUT2D eigenvalue weighted by molar-refractivity contribution is 9.13. The summed E-state index contributed by atoms with van der Waals surface area (Å²) in [5.74, 6) is 0.973. The summed E-state index contributed by atoms with van der Waals surface area (Å²) in [6.07, 6.45) is 9.08. The average molecular weight is 397 g/mol. The second-order valence-electron chi connectivity index (χ2n) is 4.89. The van der Waals surface area contributed by atoms with Crippen LogP contribution in [0.15, 0.2) is 19.6 Å². The summed E-state index contributed by atoms with van der Waals surface area (Å²) >= 11 is 8.82. The second kappa shape index (κ2) is 6.82. The summed E-state index contributed by atoms with van der Waals surface area (Å²) in [6.45, 7) is 1.87. The van der Waals surface area contributed by atoms with Crippen molar-refractivity contribution in [3.05, 3.63) is 21.0 Å². The van der Waals surface area contributed by atoms with Crippen LogP contribution >= 0.6 is 43.6 Å². The minimum Gasteiger partial charge on any atom is -0.452 e. The first kappa shape index (κ1) is 14.9. The Morgan fingerprint density at radius 2 is 2.06 bits per heavy atom. The van der Waals surface area contributed by atoms with Crippen molar-refractivity contribution < 1.29 is 4.42 Å². The molecule has 102 valence electrons. The first-order valence-corrected chi connectivity index (χ1v) is 9.16. The number of rotatable bonds is 5. The standard InChI is InChI=1S/C13H19Br2NOS/c1-18-13(5-3-2-4-6-13)9-16-8-10-7-11(14)12(15)17-10/h7,16H,2-6,8-9H2,1H3. The molecular weight excluding hydrogens is 378 g/mol.